The molecule has 5 heteroatoms. The molecule has 144 valence electrons. The Bertz CT molecular complexity index is 954. The van der Waals surface area contributed by atoms with Gasteiger partial charge in [0.25, 0.3) is 0 Å². The second kappa shape index (κ2) is 9.11. The standard InChI is InChI=1S/C23H24BrN3O/c1-15(2)13-20(21-5-4-6-22(24)27-21)23(28)26-19-9-7-17(8-10-19)18-11-12-25-16(3)14-18/h4-12,14-15,20H,13H2,1-3H3,(H,26,28). The Kier molecular flexibility index (Phi) is 6.57. The van der Waals surface area contributed by atoms with Gasteiger partial charge in [0.1, 0.15) is 4.60 Å². The van der Waals surface area contributed by atoms with Crippen LogP contribution in [0.1, 0.15) is 37.6 Å². The molecule has 1 aromatic carbocycles. The summed E-state index contributed by atoms with van der Waals surface area (Å²) in [5, 5.41) is 3.05. The molecule has 0 aliphatic rings. The Morgan fingerprint density at radius 1 is 1.07 bits per heavy atom. The molecule has 1 unspecified atom stereocenters. The number of benzene rings is 1. The topological polar surface area (TPSA) is 54.9 Å². The van der Waals surface area contributed by atoms with E-state index < -0.39 is 0 Å². The third-order valence-corrected chi connectivity index (χ3v) is 4.94. The number of aryl methyl sites for hydroxylation is 1. The highest BCUT2D eigenvalue weighted by Crippen LogP contribution is 2.27. The van der Waals surface area contributed by atoms with Gasteiger partial charge in [-0.1, -0.05) is 32.0 Å². The highest BCUT2D eigenvalue weighted by Gasteiger charge is 2.23. The first-order valence-electron chi connectivity index (χ1n) is 9.39. The Morgan fingerprint density at radius 3 is 2.46 bits per heavy atom. The van der Waals surface area contributed by atoms with E-state index in [0.29, 0.717) is 5.92 Å². The van der Waals surface area contributed by atoms with E-state index in [1.165, 1.54) is 0 Å². The number of anilines is 1. The second-order valence-electron chi connectivity index (χ2n) is 7.32. The van der Waals surface area contributed by atoms with Gasteiger partial charge in [0.05, 0.1) is 11.6 Å². The summed E-state index contributed by atoms with van der Waals surface area (Å²) >= 11 is 3.40. The molecule has 0 bridgehead atoms. The normalized spacial score (nSPS) is 12.0. The van der Waals surface area contributed by atoms with Crippen molar-refractivity contribution in [2.45, 2.75) is 33.1 Å². The first-order valence-corrected chi connectivity index (χ1v) is 10.2. The van der Waals surface area contributed by atoms with E-state index in [2.05, 4.69) is 45.1 Å². The molecule has 1 amide bonds. The number of nitrogens with one attached hydrogen (secondary N) is 1. The number of hydrogen-bond donors (Lipinski definition) is 1. The van der Waals surface area contributed by atoms with Gasteiger partial charge in [-0.15, -0.1) is 0 Å². The van der Waals surface area contributed by atoms with Crippen LogP contribution in [0.2, 0.25) is 0 Å². The van der Waals surface area contributed by atoms with E-state index in [9.17, 15) is 4.79 Å². The molecular weight excluding hydrogens is 414 g/mol. The zero-order valence-electron chi connectivity index (χ0n) is 16.3. The summed E-state index contributed by atoms with van der Waals surface area (Å²) < 4.78 is 0.739. The second-order valence-corrected chi connectivity index (χ2v) is 8.13. The van der Waals surface area contributed by atoms with Crippen LogP contribution in [0.5, 0.6) is 0 Å². The Balaban J connectivity index is 1.77. The van der Waals surface area contributed by atoms with Gasteiger partial charge in [0.2, 0.25) is 5.91 Å². The molecule has 0 saturated heterocycles. The fourth-order valence-electron chi connectivity index (χ4n) is 3.15. The maximum absolute atomic E-state index is 13.0. The van der Waals surface area contributed by atoms with Crippen LogP contribution in [-0.2, 0) is 4.79 Å². The number of pyridine rings is 2. The van der Waals surface area contributed by atoms with Crippen molar-refractivity contribution in [2.75, 3.05) is 5.32 Å². The van der Waals surface area contributed by atoms with Crippen molar-refractivity contribution in [3.05, 3.63) is 76.8 Å². The number of nitrogens with zero attached hydrogens (tertiary/aromatic N) is 2. The summed E-state index contributed by atoms with van der Waals surface area (Å²) in [6, 6.07) is 17.6. The lowest BCUT2D eigenvalue weighted by atomic mass is 9.92. The lowest BCUT2D eigenvalue weighted by Crippen LogP contribution is -2.23. The molecule has 0 radical (unpaired) electrons. The van der Waals surface area contributed by atoms with Crippen LogP contribution in [0.15, 0.2) is 65.4 Å². The molecule has 1 N–H and O–H groups in total. The van der Waals surface area contributed by atoms with Crippen molar-refractivity contribution in [3.63, 3.8) is 0 Å². The smallest absolute Gasteiger partial charge is 0.233 e. The van der Waals surface area contributed by atoms with E-state index in [0.717, 1.165) is 39.2 Å². The van der Waals surface area contributed by atoms with Gasteiger partial charge in [-0.05, 0) is 82.7 Å². The van der Waals surface area contributed by atoms with E-state index >= 15 is 0 Å². The number of aromatic nitrogens is 2. The quantitative estimate of drug-likeness (QED) is 0.482. The van der Waals surface area contributed by atoms with Crippen molar-refractivity contribution < 1.29 is 4.79 Å². The maximum atomic E-state index is 13.0. The first-order chi connectivity index (χ1) is 13.4. The minimum atomic E-state index is -0.292. The van der Waals surface area contributed by atoms with Crippen molar-refractivity contribution in [2.24, 2.45) is 5.92 Å². The van der Waals surface area contributed by atoms with Gasteiger partial charge in [-0.3, -0.25) is 9.78 Å². The number of rotatable bonds is 6. The summed E-state index contributed by atoms with van der Waals surface area (Å²) in [6.07, 6.45) is 2.55. The van der Waals surface area contributed by atoms with Gasteiger partial charge < -0.3 is 5.32 Å². The Hall–Kier alpha value is -2.53. The van der Waals surface area contributed by atoms with E-state index in [1.54, 1.807) is 0 Å². The van der Waals surface area contributed by atoms with Gasteiger partial charge >= 0.3 is 0 Å². The lowest BCUT2D eigenvalue weighted by molar-refractivity contribution is -0.118. The molecular formula is C23H24BrN3O. The van der Waals surface area contributed by atoms with Crippen LogP contribution in [0.3, 0.4) is 0 Å². The van der Waals surface area contributed by atoms with Gasteiger partial charge in [0.15, 0.2) is 0 Å². The summed E-state index contributed by atoms with van der Waals surface area (Å²) in [5.41, 5.74) is 4.75. The van der Waals surface area contributed by atoms with Crippen LogP contribution in [0.4, 0.5) is 5.69 Å². The molecule has 3 rings (SSSR count). The van der Waals surface area contributed by atoms with Crippen LogP contribution in [-0.4, -0.2) is 15.9 Å². The Morgan fingerprint density at radius 2 is 1.82 bits per heavy atom. The molecule has 0 saturated carbocycles. The van der Waals surface area contributed by atoms with Crippen molar-refractivity contribution in [1.82, 2.24) is 9.97 Å². The average Bonchev–Trinajstić information content (AvgIpc) is 2.66. The fourth-order valence-corrected chi connectivity index (χ4v) is 3.51. The van der Waals surface area contributed by atoms with Crippen LogP contribution in [0.25, 0.3) is 11.1 Å². The summed E-state index contributed by atoms with van der Waals surface area (Å²) in [7, 11) is 0. The number of hydrogen-bond acceptors (Lipinski definition) is 3. The molecule has 2 aromatic heterocycles. The molecule has 0 aliphatic heterocycles. The molecule has 4 nitrogen and oxygen atoms in total. The molecule has 0 aliphatic carbocycles. The van der Waals surface area contributed by atoms with Crippen molar-refractivity contribution >= 4 is 27.5 Å². The van der Waals surface area contributed by atoms with Gasteiger partial charge in [-0.2, -0.15) is 0 Å². The average molecular weight is 438 g/mol. The number of halogens is 1. The molecule has 3 aromatic rings. The fraction of sp³-hybridized carbons (Fsp3) is 0.261. The maximum Gasteiger partial charge on any atom is 0.233 e. The first kappa shape index (κ1) is 20.2. The highest BCUT2D eigenvalue weighted by molar-refractivity contribution is 9.10. The van der Waals surface area contributed by atoms with E-state index in [-0.39, 0.29) is 11.8 Å². The molecule has 0 spiro atoms. The SMILES string of the molecule is Cc1cc(-c2ccc(NC(=O)C(CC(C)C)c3cccc(Br)n3)cc2)ccn1. The molecule has 1 atom stereocenters. The monoisotopic (exact) mass is 437 g/mol. The number of carbonyl (C=O) groups is 1. The van der Waals surface area contributed by atoms with Crippen LogP contribution < -0.4 is 5.32 Å². The van der Waals surface area contributed by atoms with Gasteiger partial charge in [-0.25, -0.2) is 4.98 Å². The Labute approximate surface area is 174 Å². The molecule has 0 fully saturated rings. The zero-order valence-corrected chi connectivity index (χ0v) is 17.9. The minimum absolute atomic E-state index is 0.0354. The van der Waals surface area contributed by atoms with Crippen molar-refractivity contribution in [1.29, 1.82) is 0 Å². The van der Waals surface area contributed by atoms with Crippen LogP contribution in [0, 0.1) is 12.8 Å². The van der Waals surface area contributed by atoms with Crippen LogP contribution >= 0.6 is 15.9 Å². The third kappa shape index (κ3) is 5.26. The summed E-state index contributed by atoms with van der Waals surface area (Å²) in [4.78, 5) is 21.7. The largest absolute Gasteiger partial charge is 0.326 e. The highest BCUT2D eigenvalue weighted by atomic mass is 79.9. The molecule has 2 heterocycles. The van der Waals surface area contributed by atoms with E-state index in [4.69, 9.17) is 0 Å². The number of carbonyl (C=O) groups excluding carboxylic acids is 1. The predicted molar refractivity (Wildman–Crippen MR) is 117 cm³/mol. The predicted octanol–water partition coefficient (Wildman–Crippen LogP) is 5.98. The molecule has 28 heavy (non-hydrogen) atoms. The minimum Gasteiger partial charge on any atom is -0.326 e. The van der Waals surface area contributed by atoms with Gasteiger partial charge in [0, 0.05) is 17.6 Å². The van der Waals surface area contributed by atoms with E-state index in [1.807, 2.05) is 67.7 Å². The summed E-state index contributed by atoms with van der Waals surface area (Å²) in [6.45, 7) is 6.20. The zero-order chi connectivity index (χ0) is 20.1. The number of amides is 1. The third-order valence-electron chi connectivity index (χ3n) is 4.50. The van der Waals surface area contributed by atoms with Crippen molar-refractivity contribution in [3.8, 4) is 11.1 Å². The summed E-state index contributed by atoms with van der Waals surface area (Å²) in [5.74, 6) is 0.0562. The lowest BCUT2D eigenvalue weighted by Gasteiger charge is -2.18.